The van der Waals surface area contributed by atoms with Gasteiger partial charge in [-0.05, 0) is 37.3 Å². The number of carbonyl (C=O) groups excluding carboxylic acids is 4. The molecule has 9 nitrogen and oxygen atoms in total. The summed E-state index contributed by atoms with van der Waals surface area (Å²) in [6.07, 6.45) is 4.67. The molecule has 10 heteroatoms. The van der Waals surface area contributed by atoms with Gasteiger partial charge in [-0.25, -0.2) is 4.79 Å². The molecule has 156 valence electrons. The predicted octanol–water partition coefficient (Wildman–Crippen LogP) is -2.55. The Morgan fingerprint density at radius 3 is 2.48 bits per heavy atom. The standard InChI is InChI=1S/C21H22N4O5.Na/c1-14-13-23(2)20(29)18(19(14)28)25(21(30)22-9-8-17(26)27)16-7-5-6-15(12-16)24-10-3-4-11-24;/h3-7,10-13,18H,8-9H2,1-2H3,(H,22,30)(H,26,27);/q;+1/p-1. The molecule has 1 aromatic heterocycles. The fraction of sp³-hybridized carbons (Fsp3) is 0.238. The summed E-state index contributed by atoms with van der Waals surface area (Å²) in [5.41, 5.74) is 1.37. The number of carboxylic acid groups (broad SMARTS) is 1. The van der Waals surface area contributed by atoms with Crippen LogP contribution in [0.5, 0.6) is 0 Å². The minimum absolute atomic E-state index is 0. The Labute approximate surface area is 201 Å². The maximum atomic E-state index is 13.0. The summed E-state index contributed by atoms with van der Waals surface area (Å²) in [7, 11) is 1.51. The van der Waals surface area contributed by atoms with Gasteiger partial charge in [0.1, 0.15) is 0 Å². The van der Waals surface area contributed by atoms with Crippen molar-refractivity contribution in [2.24, 2.45) is 0 Å². The average molecular weight is 432 g/mol. The van der Waals surface area contributed by atoms with E-state index in [0.29, 0.717) is 11.3 Å². The largest absolute Gasteiger partial charge is 1.00 e. The van der Waals surface area contributed by atoms with Crippen molar-refractivity contribution in [2.75, 3.05) is 18.5 Å². The quantitative estimate of drug-likeness (QED) is 0.399. The first kappa shape index (κ1) is 24.4. The third kappa shape index (κ3) is 5.43. The fourth-order valence-corrected chi connectivity index (χ4v) is 3.22. The second-order valence-electron chi connectivity index (χ2n) is 6.86. The summed E-state index contributed by atoms with van der Waals surface area (Å²) in [6, 6.07) is 8.33. The van der Waals surface area contributed by atoms with Crippen molar-refractivity contribution in [3.8, 4) is 5.69 Å². The first-order valence-electron chi connectivity index (χ1n) is 9.29. The van der Waals surface area contributed by atoms with Crippen molar-refractivity contribution in [1.29, 1.82) is 0 Å². The van der Waals surface area contributed by atoms with Gasteiger partial charge in [-0.1, -0.05) is 6.07 Å². The maximum Gasteiger partial charge on any atom is 1.00 e. The number of urea groups is 1. The number of amides is 3. The molecule has 0 fully saturated rings. The summed E-state index contributed by atoms with van der Waals surface area (Å²) in [5, 5.41) is 13.1. The molecular weight excluding hydrogens is 411 g/mol. The van der Waals surface area contributed by atoms with Gasteiger partial charge in [-0.15, -0.1) is 0 Å². The van der Waals surface area contributed by atoms with Crippen LogP contribution >= 0.6 is 0 Å². The Bertz CT molecular complexity index is 1020. The molecule has 1 unspecified atom stereocenters. The van der Waals surface area contributed by atoms with Crippen molar-refractivity contribution in [3.63, 3.8) is 0 Å². The van der Waals surface area contributed by atoms with Crippen molar-refractivity contribution in [2.45, 2.75) is 19.4 Å². The van der Waals surface area contributed by atoms with Gasteiger partial charge < -0.3 is 24.7 Å². The number of hydrogen-bond donors (Lipinski definition) is 1. The van der Waals surface area contributed by atoms with Gasteiger partial charge in [0, 0.05) is 61.5 Å². The van der Waals surface area contributed by atoms with Crippen molar-refractivity contribution in [1.82, 2.24) is 14.8 Å². The number of aromatic nitrogens is 1. The minimum Gasteiger partial charge on any atom is -0.550 e. The van der Waals surface area contributed by atoms with Crippen molar-refractivity contribution < 1.29 is 53.8 Å². The van der Waals surface area contributed by atoms with Gasteiger partial charge in [0.2, 0.25) is 0 Å². The number of aliphatic carboxylic acids is 1. The molecule has 0 bridgehead atoms. The van der Waals surface area contributed by atoms with Crippen LogP contribution in [-0.2, 0) is 14.4 Å². The van der Waals surface area contributed by atoms with E-state index in [1.54, 1.807) is 25.1 Å². The van der Waals surface area contributed by atoms with E-state index in [0.717, 1.165) is 10.6 Å². The van der Waals surface area contributed by atoms with Crippen molar-refractivity contribution in [3.05, 3.63) is 60.6 Å². The molecule has 1 aromatic carbocycles. The van der Waals surface area contributed by atoms with Crippen LogP contribution in [0.25, 0.3) is 5.69 Å². The summed E-state index contributed by atoms with van der Waals surface area (Å²) in [6.45, 7) is 1.37. The molecule has 31 heavy (non-hydrogen) atoms. The zero-order valence-corrected chi connectivity index (χ0v) is 19.6. The number of rotatable bonds is 6. The first-order valence-corrected chi connectivity index (χ1v) is 9.29. The van der Waals surface area contributed by atoms with Gasteiger partial charge in [0.15, 0.2) is 11.8 Å². The first-order chi connectivity index (χ1) is 14.3. The molecular formula is C21H21N4NaO5. The Balaban J connectivity index is 0.00000341. The summed E-state index contributed by atoms with van der Waals surface area (Å²) < 4.78 is 1.82. The average Bonchev–Trinajstić information content (AvgIpc) is 3.24. The van der Waals surface area contributed by atoms with E-state index < -0.39 is 36.2 Å². The molecule has 0 saturated carbocycles. The summed E-state index contributed by atoms with van der Waals surface area (Å²) in [5.74, 6) is -2.38. The van der Waals surface area contributed by atoms with Gasteiger partial charge in [0.25, 0.3) is 5.91 Å². The van der Waals surface area contributed by atoms with Crippen LogP contribution in [0.2, 0.25) is 0 Å². The molecule has 1 atom stereocenters. The number of ketones is 1. The monoisotopic (exact) mass is 432 g/mol. The predicted molar refractivity (Wildman–Crippen MR) is 107 cm³/mol. The third-order valence-electron chi connectivity index (χ3n) is 4.70. The molecule has 0 radical (unpaired) electrons. The number of anilines is 1. The van der Waals surface area contributed by atoms with E-state index in [4.69, 9.17) is 0 Å². The normalized spacial score (nSPS) is 15.7. The molecule has 0 saturated heterocycles. The number of likely N-dealkylation sites (N-methyl/N-ethyl adjacent to an activating group) is 1. The van der Waals surface area contributed by atoms with Crippen LogP contribution in [0.1, 0.15) is 13.3 Å². The Morgan fingerprint density at radius 1 is 1.16 bits per heavy atom. The van der Waals surface area contributed by atoms with E-state index in [9.17, 15) is 24.3 Å². The van der Waals surface area contributed by atoms with Crippen LogP contribution in [-0.4, -0.2) is 52.8 Å². The Hall–Kier alpha value is -2.88. The minimum atomic E-state index is -1.40. The van der Waals surface area contributed by atoms with Crippen LogP contribution < -0.4 is 44.9 Å². The van der Waals surface area contributed by atoms with Crippen LogP contribution in [0.4, 0.5) is 10.5 Å². The van der Waals surface area contributed by atoms with Gasteiger partial charge in [-0.3, -0.25) is 14.5 Å². The van der Waals surface area contributed by atoms with Crippen LogP contribution in [0, 0.1) is 0 Å². The van der Waals surface area contributed by atoms with Gasteiger partial charge in [-0.2, -0.15) is 0 Å². The molecule has 3 rings (SSSR count). The summed E-state index contributed by atoms with van der Waals surface area (Å²) in [4.78, 5) is 51.7. The molecule has 3 amide bonds. The summed E-state index contributed by atoms with van der Waals surface area (Å²) >= 11 is 0. The molecule has 2 heterocycles. The molecule has 1 aliphatic heterocycles. The van der Waals surface area contributed by atoms with Crippen LogP contribution in [0.3, 0.4) is 0 Å². The SMILES string of the molecule is CC1=CN(C)C(=O)C(N(C(=O)NCCC(=O)[O-])c2cccc(-n3cccc3)c2)C1=O.[Na+]. The molecule has 2 aromatic rings. The molecule has 1 N–H and O–H groups in total. The number of hydrogen-bond acceptors (Lipinski definition) is 5. The Kier molecular flexibility index (Phi) is 8.21. The number of Topliss-reactive ketones (excluding diaryl/α,β-unsaturated/α-hetero) is 1. The molecule has 0 spiro atoms. The Morgan fingerprint density at radius 2 is 1.84 bits per heavy atom. The number of nitrogens with zero attached hydrogens (tertiary/aromatic N) is 3. The zero-order chi connectivity index (χ0) is 21.8. The number of benzene rings is 1. The zero-order valence-electron chi connectivity index (χ0n) is 17.6. The maximum absolute atomic E-state index is 13.0. The number of carboxylic acids is 1. The van der Waals surface area contributed by atoms with Gasteiger partial charge >= 0.3 is 35.6 Å². The molecule has 1 aliphatic rings. The topological polar surface area (TPSA) is 115 Å². The van der Waals surface area contributed by atoms with E-state index in [1.165, 1.54) is 18.1 Å². The number of nitrogens with one attached hydrogen (secondary N) is 1. The number of carbonyl (C=O) groups is 4. The van der Waals surface area contributed by atoms with E-state index in [-0.39, 0.29) is 36.1 Å². The fourth-order valence-electron chi connectivity index (χ4n) is 3.22. The second-order valence-corrected chi connectivity index (χ2v) is 6.86. The van der Waals surface area contributed by atoms with Gasteiger partial charge in [0.05, 0.1) is 0 Å². The van der Waals surface area contributed by atoms with E-state index >= 15 is 0 Å². The molecule has 0 aliphatic carbocycles. The van der Waals surface area contributed by atoms with E-state index in [1.807, 2.05) is 35.2 Å². The smallest absolute Gasteiger partial charge is 0.550 e. The van der Waals surface area contributed by atoms with Crippen molar-refractivity contribution >= 4 is 29.4 Å². The second kappa shape index (κ2) is 10.4. The van der Waals surface area contributed by atoms with Crippen LogP contribution in [0.15, 0.2) is 60.6 Å². The van der Waals surface area contributed by atoms with E-state index in [2.05, 4.69) is 5.32 Å². The third-order valence-corrected chi connectivity index (χ3v) is 4.70.